The summed E-state index contributed by atoms with van der Waals surface area (Å²) in [5.74, 6) is -0.211. The highest BCUT2D eigenvalue weighted by Crippen LogP contribution is 2.89. The Labute approximate surface area is 279 Å². The van der Waals surface area contributed by atoms with Crippen LogP contribution in [0.2, 0.25) is 0 Å². The summed E-state index contributed by atoms with van der Waals surface area (Å²) in [4.78, 5) is 26.3. The van der Waals surface area contributed by atoms with E-state index in [4.69, 9.17) is 18.9 Å². The number of carbonyl (C=O) groups is 2. The molecule has 266 valence electrons. The van der Waals surface area contributed by atoms with Crippen molar-refractivity contribution < 1.29 is 49.0 Å². The van der Waals surface area contributed by atoms with Gasteiger partial charge in [0.1, 0.15) is 36.6 Å². The van der Waals surface area contributed by atoms with E-state index in [1.165, 1.54) is 6.92 Å². The van der Waals surface area contributed by atoms with Gasteiger partial charge in [-0.2, -0.15) is 0 Å². The zero-order chi connectivity index (χ0) is 34.3. The van der Waals surface area contributed by atoms with Gasteiger partial charge in [0.05, 0.1) is 18.3 Å². The van der Waals surface area contributed by atoms with E-state index in [9.17, 15) is 30.0 Å². The quantitative estimate of drug-likeness (QED) is 0.181. The Bertz CT molecular complexity index is 1300. The monoisotopic (exact) mass is 662 g/mol. The molecule has 5 saturated carbocycles. The highest BCUT2D eigenvalue weighted by atomic mass is 16.7. The van der Waals surface area contributed by atoms with E-state index < -0.39 is 42.2 Å². The van der Waals surface area contributed by atoms with Crippen molar-refractivity contribution in [2.24, 2.45) is 50.7 Å². The number of aliphatic hydroxyl groups excluding tert-OH is 4. The molecule has 4 N–H and O–H groups in total. The van der Waals surface area contributed by atoms with Crippen LogP contribution in [0.4, 0.5) is 0 Å². The molecule has 0 aromatic rings. The van der Waals surface area contributed by atoms with Crippen LogP contribution in [0, 0.1) is 50.7 Å². The van der Waals surface area contributed by atoms with Crippen LogP contribution in [-0.2, 0) is 28.5 Å². The highest BCUT2D eigenvalue weighted by Gasteiger charge is 2.84. The van der Waals surface area contributed by atoms with Gasteiger partial charge in [-0.1, -0.05) is 34.6 Å². The molecule has 10 heteroatoms. The molecular weight excluding hydrogens is 604 g/mol. The van der Waals surface area contributed by atoms with Gasteiger partial charge in [0, 0.05) is 18.3 Å². The fourth-order valence-corrected chi connectivity index (χ4v) is 13.2. The molecular formula is C37H58O10. The molecule has 5 aliphatic carbocycles. The number of ether oxygens (including phenoxy) is 4. The number of esters is 1. The summed E-state index contributed by atoms with van der Waals surface area (Å²) in [6, 6.07) is 0. The first-order chi connectivity index (χ1) is 21.8. The molecule has 10 nitrogen and oxygen atoms in total. The lowest BCUT2D eigenvalue weighted by molar-refractivity contribution is -0.303. The molecule has 2 aliphatic heterocycles. The van der Waals surface area contributed by atoms with Crippen molar-refractivity contribution in [3.63, 3.8) is 0 Å². The lowest BCUT2D eigenvalue weighted by atomic mass is 9.41. The van der Waals surface area contributed by atoms with E-state index in [0.29, 0.717) is 12.3 Å². The molecule has 7 rings (SSSR count). The zero-order valence-electron chi connectivity index (χ0n) is 29.5. The molecule has 0 aromatic carbocycles. The number of aliphatic hydroxyl groups is 4. The van der Waals surface area contributed by atoms with E-state index in [1.54, 1.807) is 0 Å². The number of epoxide rings is 1. The predicted molar refractivity (Wildman–Crippen MR) is 170 cm³/mol. The van der Waals surface area contributed by atoms with Gasteiger partial charge in [-0.3, -0.25) is 9.59 Å². The normalized spacial score (nSPS) is 53.5. The number of rotatable bonds is 7. The van der Waals surface area contributed by atoms with Gasteiger partial charge >= 0.3 is 5.97 Å². The van der Waals surface area contributed by atoms with Crippen LogP contribution in [0.1, 0.15) is 107 Å². The fraction of sp³-hybridized carbons (Fsp3) is 0.946. The lowest BCUT2D eigenvalue weighted by Gasteiger charge is -2.63. The SMILES string of the molecule is CC(=O)O[C@H](C[C@@H](C)[C@H]1C(=O)C(O)[C@@]2(C)[C@@H]3CC[C@H]4C(C)(C)[C@@H](O[C@@H]5OC[C@@H](O)[C@H](O)[C@H]5O)CC[C@@]45C[C@]35CC[C@]12C)[C@@H]1OC1(C)C. The summed E-state index contributed by atoms with van der Waals surface area (Å²) < 4.78 is 23.7. The van der Waals surface area contributed by atoms with Crippen LogP contribution in [0.15, 0.2) is 0 Å². The molecule has 0 aromatic heterocycles. The van der Waals surface area contributed by atoms with Crippen molar-refractivity contribution in [2.45, 2.75) is 161 Å². The Morgan fingerprint density at radius 3 is 2.21 bits per heavy atom. The van der Waals surface area contributed by atoms with Gasteiger partial charge in [0.15, 0.2) is 12.1 Å². The number of ketones is 1. The third-order valence-electron chi connectivity index (χ3n) is 15.7. The summed E-state index contributed by atoms with van der Waals surface area (Å²) in [6.45, 7) is 16.4. The molecule has 7 aliphatic rings. The summed E-state index contributed by atoms with van der Waals surface area (Å²) in [5, 5.41) is 42.8. The van der Waals surface area contributed by atoms with E-state index in [-0.39, 0.29) is 75.6 Å². The average Bonchev–Trinajstić information content (AvgIpc) is 3.84. The Morgan fingerprint density at radius 1 is 0.936 bits per heavy atom. The third-order valence-corrected chi connectivity index (χ3v) is 15.7. The molecule has 0 bridgehead atoms. The van der Waals surface area contributed by atoms with Gasteiger partial charge in [0.25, 0.3) is 0 Å². The van der Waals surface area contributed by atoms with Gasteiger partial charge in [-0.05, 0) is 105 Å². The summed E-state index contributed by atoms with van der Waals surface area (Å²) in [5.41, 5.74) is -1.34. The van der Waals surface area contributed by atoms with E-state index in [1.807, 2.05) is 13.8 Å². The minimum Gasteiger partial charge on any atom is -0.460 e. The molecule has 0 amide bonds. The Kier molecular flexibility index (Phi) is 7.80. The first kappa shape index (κ1) is 34.3. The van der Waals surface area contributed by atoms with Gasteiger partial charge in [-0.25, -0.2) is 0 Å². The van der Waals surface area contributed by atoms with Crippen LogP contribution in [0.5, 0.6) is 0 Å². The Balaban J connectivity index is 1.12. The number of hydrogen-bond donors (Lipinski definition) is 4. The molecule has 16 atom stereocenters. The van der Waals surface area contributed by atoms with Crippen LogP contribution in [0.25, 0.3) is 0 Å². The minimum absolute atomic E-state index is 0.0512. The van der Waals surface area contributed by atoms with E-state index >= 15 is 0 Å². The number of hydrogen-bond acceptors (Lipinski definition) is 10. The maximum Gasteiger partial charge on any atom is 0.302 e. The minimum atomic E-state index is -1.31. The summed E-state index contributed by atoms with van der Waals surface area (Å²) in [6.07, 6.45) is 0.666. The first-order valence-corrected chi connectivity index (χ1v) is 18.2. The number of fused-ring (bicyclic) bond motifs is 2. The van der Waals surface area contributed by atoms with Crippen LogP contribution < -0.4 is 0 Å². The standard InChI is InChI=1S/C37H58O10/c1-18(15-21(45-19(2)38)30-33(5,6)47-30)25-27(41)29(43)35(8)23-10-9-22-32(3,4)24(46-31-28(42)26(40)20(39)16-44-31)11-12-36(22)17-37(23,36)14-13-34(25,35)7/h18,20-26,28-31,39-40,42-43H,9-17H2,1-8H3/t18-,20-,21-,22+,23+,24+,25+,26+,28-,29?,30+,31+,34-,35-,36-,37-/m1/s1. The van der Waals surface area contributed by atoms with Gasteiger partial charge in [0.2, 0.25) is 0 Å². The largest absolute Gasteiger partial charge is 0.460 e. The lowest BCUT2D eigenvalue weighted by Crippen LogP contribution is -2.61. The van der Waals surface area contributed by atoms with Crippen molar-refractivity contribution in [3.05, 3.63) is 0 Å². The first-order valence-electron chi connectivity index (χ1n) is 18.2. The summed E-state index contributed by atoms with van der Waals surface area (Å²) in [7, 11) is 0. The number of carbonyl (C=O) groups excluding carboxylic acids is 2. The van der Waals surface area contributed by atoms with Crippen molar-refractivity contribution in [1.29, 1.82) is 0 Å². The molecule has 47 heavy (non-hydrogen) atoms. The molecule has 1 unspecified atom stereocenters. The number of Topliss-reactive ketones (excluding diaryl/α,β-unsaturated/α-hetero) is 1. The average molecular weight is 663 g/mol. The van der Waals surface area contributed by atoms with E-state index in [0.717, 1.165) is 44.9 Å². The second-order valence-corrected chi connectivity index (χ2v) is 18.4. The molecule has 2 spiro atoms. The zero-order valence-corrected chi connectivity index (χ0v) is 29.5. The smallest absolute Gasteiger partial charge is 0.302 e. The maximum absolute atomic E-state index is 14.2. The Morgan fingerprint density at radius 2 is 1.57 bits per heavy atom. The second-order valence-electron chi connectivity index (χ2n) is 18.4. The fourth-order valence-electron chi connectivity index (χ4n) is 13.2. The molecule has 2 saturated heterocycles. The van der Waals surface area contributed by atoms with Crippen LogP contribution >= 0.6 is 0 Å². The van der Waals surface area contributed by atoms with Crippen molar-refractivity contribution >= 4 is 11.8 Å². The van der Waals surface area contributed by atoms with E-state index in [2.05, 4.69) is 34.6 Å². The maximum atomic E-state index is 14.2. The Hall–Kier alpha value is -1.14. The predicted octanol–water partition coefficient (Wildman–Crippen LogP) is 3.53. The highest BCUT2D eigenvalue weighted by molar-refractivity contribution is 5.90. The topological polar surface area (TPSA) is 155 Å². The molecule has 2 heterocycles. The van der Waals surface area contributed by atoms with Crippen LogP contribution in [-0.4, -0.2) is 93.4 Å². The molecule has 0 radical (unpaired) electrons. The van der Waals surface area contributed by atoms with Crippen molar-refractivity contribution in [1.82, 2.24) is 0 Å². The van der Waals surface area contributed by atoms with Gasteiger partial charge in [-0.15, -0.1) is 0 Å². The third kappa shape index (κ3) is 4.53. The second kappa shape index (κ2) is 10.7. The summed E-state index contributed by atoms with van der Waals surface area (Å²) >= 11 is 0. The van der Waals surface area contributed by atoms with Crippen LogP contribution in [0.3, 0.4) is 0 Å². The molecule has 7 fully saturated rings. The van der Waals surface area contributed by atoms with Crippen molar-refractivity contribution in [3.8, 4) is 0 Å². The van der Waals surface area contributed by atoms with Gasteiger partial charge < -0.3 is 39.4 Å². The van der Waals surface area contributed by atoms with Crippen molar-refractivity contribution in [2.75, 3.05) is 6.61 Å².